The molecule has 0 saturated heterocycles. The van der Waals surface area contributed by atoms with Gasteiger partial charge < -0.3 is 5.32 Å². The number of amides is 1. The number of hydrogen-bond acceptors (Lipinski definition) is 6. The van der Waals surface area contributed by atoms with Crippen molar-refractivity contribution in [2.45, 2.75) is 47.7 Å². The van der Waals surface area contributed by atoms with Crippen LogP contribution >= 0.6 is 34.9 Å². The molecule has 1 N–H and O–H groups in total. The molecule has 5 rings (SSSR count). The smallest absolute Gasteiger partial charge is 0.263 e. The molecule has 2 aromatic heterocycles. The van der Waals surface area contributed by atoms with Crippen molar-refractivity contribution in [2.24, 2.45) is 5.92 Å². The zero-order valence-electron chi connectivity index (χ0n) is 20.0. The topological polar surface area (TPSA) is 64.0 Å². The Labute approximate surface area is 223 Å². The van der Waals surface area contributed by atoms with Gasteiger partial charge in [-0.25, -0.2) is 4.98 Å². The van der Waals surface area contributed by atoms with Crippen molar-refractivity contribution < 1.29 is 4.79 Å². The summed E-state index contributed by atoms with van der Waals surface area (Å²) in [5.74, 6) is 0.642. The van der Waals surface area contributed by atoms with Crippen molar-refractivity contribution in [1.82, 2.24) is 9.55 Å². The van der Waals surface area contributed by atoms with Gasteiger partial charge in [-0.2, -0.15) is 0 Å². The summed E-state index contributed by atoms with van der Waals surface area (Å²) in [6.07, 6.45) is 4.73. The molecule has 1 atom stereocenters. The number of allylic oxidation sites excluding steroid dienone is 1. The van der Waals surface area contributed by atoms with E-state index in [0.29, 0.717) is 17.6 Å². The highest BCUT2D eigenvalue weighted by atomic mass is 32.2. The summed E-state index contributed by atoms with van der Waals surface area (Å²) in [5, 5.41) is 4.35. The molecule has 0 saturated carbocycles. The van der Waals surface area contributed by atoms with Crippen LogP contribution in [-0.4, -0.2) is 21.2 Å². The molecule has 2 heterocycles. The molecule has 36 heavy (non-hydrogen) atoms. The first-order valence-corrected chi connectivity index (χ1v) is 14.6. The Bertz CT molecular complexity index is 1480. The summed E-state index contributed by atoms with van der Waals surface area (Å²) in [5.41, 5.74) is 1.91. The quantitative estimate of drug-likeness (QED) is 0.156. The van der Waals surface area contributed by atoms with E-state index in [1.807, 2.05) is 54.6 Å². The Morgan fingerprint density at radius 1 is 1.22 bits per heavy atom. The van der Waals surface area contributed by atoms with E-state index in [-0.39, 0.29) is 17.2 Å². The Morgan fingerprint density at radius 3 is 2.81 bits per heavy atom. The molecule has 184 valence electrons. The SMILES string of the molecule is C=CCn1c(SCC(=O)Nc2ccccc2Sc2ccccc2)nc2sc3c(c2c1=O)CC[C@H](C)C3. The molecule has 5 nitrogen and oxygen atoms in total. The van der Waals surface area contributed by atoms with Gasteiger partial charge in [0.2, 0.25) is 5.91 Å². The van der Waals surface area contributed by atoms with E-state index in [1.165, 1.54) is 22.2 Å². The van der Waals surface area contributed by atoms with Crippen molar-refractivity contribution in [3.63, 3.8) is 0 Å². The van der Waals surface area contributed by atoms with Crippen molar-refractivity contribution in [2.75, 3.05) is 11.1 Å². The summed E-state index contributed by atoms with van der Waals surface area (Å²) in [6.45, 7) is 6.44. The first-order valence-electron chi connectivity index (χ1n) is 11.9. The van der Waals surface area contributed by atoms with Crippen LogP contribution in [-0.2, 0) is 24.2 Å². The second-order valence-corrected chi connectivity index (χ2v) is 12.0. The lowest BCUT2D eigenvalue weighted by Gasteiger charge is -2.17. The van der Waals surface area contributed by atoms with Crippen LogP contribution in [0.25, 0.3) is 10.2 Å². The van der Waals surface area contributed by atoms with E-state index >= 15 is 0 Å². The van der Waals surface area contributed by atoms with Gasteiger partial charge in [0, 0.05) is 21.2 Å². The second-order valence-electron chi connectivity index (χ2n) is 8.88. The number of nitrogens with one attached hydrogen (secondary N) is 1. The largest absolute Gasteiger partial charge is 0.324 e. The molecule has 4 aromatic rings. The minimum Gasteiger partial charge on any atom is -0.324 e. The molecule has 1 aliphatic rings. The first-order chi connectivity index (χ1) is 17.5. The number of aromatic nitrogens is 2. The zero-order chi connectivity index (χ0) is 25.1. The lowest BCUT2D eigenvalue weighted by atomic mass is 9.89. The summed E-state index contributed by atoms with van der Waals surface area (Å²) in [7, 11) is 0. The number of thioether (sulfide) groups is 1. The van der Waals surface area contributed by atoms with E-state index in [9.17, 15) is 9.59 Å². The van der Waals surface area contributed by atoms with Gasteiger partial charge in [-0.15, -0.1) is 17.9 Å². The Kier molecular flexibility index (Phi) is 7.65. The number of carbonyl (C=O) groups excluding carboxylic acids is 1. The highest BCUT2D eigenvalue weighted by Gasteiger charge is 2.24. The van der Waals surface area contributed by atoms with Gasteiger partial charge >= 0.3 is 0 Å². The molecule has 0 spiro atoms. The van der Waals surface area contributed by atoms with Crippen molar-refractivity contribution in [3.05, 3.63) is 88.0 Å². The maximum atomic E-state index is 13.5. The van der Waals surface area contributed by atoms with Crippen LogP contribution in [0.1, 0.15) is 23.8 Å². The maximum Gasteiger partial charge on any atom is 0.263 e. The maximum absolute atomic E-state index is 13.5. The number of hydrogen-bond donors (Lipinski definition) is 1. The molecule has 2 aromatic carbocycles. The fraction of sp³-hybridized carbons (Fsp3) is 0.250. The average Bonchev–Trinajstić information content (AvgIpc) is 3.24. The zero-order valence-corrected chi connectivity index (χ0v) is 22.5. The second kappa shape index (κ2) is 11.1. The molecular weight excluding hydrogens is 507 g/mol. The summed E-state index contributed by atoms with van der Waals surface area (Å²) >= 11 is 4.53. The van der Waals surface area contributed by atoms with E-state index < -0.39 is 0 Å². The van der Waals surface area contributed by atoms with Gasteiger partial charge in [-0.1, -0.05) is 66.9 Å². The Hall–Kier alpha value is -2.81. The molecule has 8 heteroatoms. The van der Waals surface area contributed by atoms with Crippen molar-refractivity contribution >= 4 is 56.7 Å². The average molecular weight is 534 g/mol. The van der Waals surface area contributed by atoms with Crippen LogP contribution in [0.4, 0.5) is 5.69 Å². The predicted molar refractivity (Wildman–Crippen MR) is 152 cm³/mol. The molecule has 0 bridgehead atoms. The number of nitrogens with zero attached hydrogens (tertiary/aromatic N) is 2. The number of aryl methyl sites for hydroxylation is 1. The van der Waals surface area contributed by atoms with Crippen LogP contribution in [0.5, 0.6) is 0 Å². The van der Waals surface area contributed by atoms with E-state index in [4.69, 9.17) is 4.98 Å². The molecule has 0 radical (unpaired) electrons. The van der Waals surface area contributed by atoms with Crippen molar-refractivity contribution in [3.8, 4) is 0 Å². The number of fused-ring (bicyclic) bond motifs is 3. The molecular formula is C28H27N3O2S3. The van der Waals surface area contributed by atoms with Crippen molar-refractivity contribution in [1.29, 1.82) is 0 Å². The fourth-order valence-electron chi connectivity index (χ4n) is 4.40. The minimum absolute atomic E-state index is 0.0283. The third kappa shape index (κ3) is 5.31. The summed E-state index contributed by atoms with van der Waals surface area (Å²) < 4.78 is 1.65. The predicted octanol–water partition coefficient (Wildman–Crippen LogP) is 6.65. The number of carbonyl (C=O) groups is 1. The molecule has 0 unspecified atom stereocenters. The fourth-order valence-corrected chi connectivity index (χ4v) is 7.55. The normalized spacial score (nSPS) is 15.0. The van der Waals surface area contributed by atoms with E-state index in [1.54, 1.807) is 33.7 Å². The van der Waals surface area contributed by atoms with Gasteiger partial charge in [0.25, 0.3) is 5.56 Å². The lowest BCUT2D eigenvalue weighted by Crippen LogP contribution is -2.24. The summed E-state index contributed by atoms with van der Waals surface area (Å²) in [6, 6.07) is 17.8. The molecule has 0 fully saturated rings. The Balaban J connectivity index is 1.36. The lowest BCUT2D eigenvalue weighted by molar-refractivity contribution is -0.113. The standard InChI is InChI=1S/C28H27N3O2S3/c1-3-15-31-27(33)25-20-14-13-18(2)16-23(20)36-26(25)30-28(31)34-17-24(32)29-21-11-7-8-12-22(21)35-19-9-5-4-6-10-19/h3-12,18H,1,13-17H2,2H3,(H,29,32)/t18-/m0/s1. The van der Waals surface area contributed by atoms with Crippen LogP contribution < -0.4 is 10.9 Å². The van der Waals surface area contributed by atoms with Gasteiger partial charge in [0.1, 0.15) is 4.83 Å². The monoisotopic (exact) mass is 533 g/mol. The summed E-state index contributed by atoms with van der Waals surface area (Å²) in [4.78, 5) is 35.4. The highest BCUT2D eigenvalue weighted by Crippen LogP contribution is 2.37. The van der Waals surface area contributed by atoms with Gasteiger partial charge in [-0.3, -0.25) is 14.2 Å². The number of benzene rings is 2. The van der Waals surface area contributed by atoms with Gasteiger partial charge in [0.05, 0.1) is 16.8 Å². The number of anilines is 1. The van der Waals surface area contributed by atoms with Gasteiger partial charge in [0.15, 0.2) is 5.16 Å². The molecule has 0 aliphatic heterocycles. The number of thiophene rings is 1. The highest BCUT2D eigenvalue weighted by molar-refractivity contribution is 8.00. The van der Waals surface area contributed by atoms with Crippen LogP contribution in [0.3, 0.4) is 0 Å². The molecule has 1 aliphatic carbocycles. The Morgan fingerprint density at radius 2 is 2.00 bits per heavy atom. The van der Waals surface area contributed by atoms with Crippen LogP contribution in [0, 0.1) is 5.92 Å². The molecule has 1 amide bonds. The number of para-hydroxylation sites is 1. The third-order valence-corrected chi connectivity index (χ3v) is 9.36. The minimum atomic E-state index is -0.139. The van der Waals surface area contributed by atoms with Gasteiger partial charge in [-0.05, 0) is 55.0 Å². The third-order valence-electron chi connectivity index (χ3n) is 6.16. The van der Waals surface area contributed by atoms with E-state index in [0.717, 1.165) is 45.0 Å². The van der Waals surface area contributed by atoms with E-state index in [2.05, 4.69) is 18.8 Å². The van der Waals surface area contributed by atoms with Crippen LogP contribution in [0.15, 0.2) is 87.0 Å². The first kappa shape index (κ1) is 24.9. The van der Waals surface area contributed by atoms with Crippen LogP contribution in [0.2, 0.25) is 0 Å². The number of rotatable bonds is 8.